The molecule has 1 unspecified atom stereocenters. The molecular formula is C23H28FN3O3S. The number of aliphatic hydroxyl groups is 1. The molecule has 3 aromatic rings. The van der Waals surface area contributed by atoms with E-state index in [1.165, 1.54) is 19.1 Å². The van der Waals surface area contributed by atoms with Crippen molar-refractivity contribution in [1.82, 2.24) is 15.4 Å². The van der Waals surface area contributed by atoms with Gasteiger partial charge >= 0.3 is 0 Å². The predicted octanol–water partition coefficient (Wildman–Crippen LogP) is 4.36. The summed E-state index contributed by atoms with van der Waals surface area (Å²) in [6.45, 7) is 4.93. The zero-order chi connectivity index (χ0) is 21.8. The van der Waals surface area contributed by atoms with Crippen LogP contribution in [0.1, 0.15) is 60.1 Å². The maximum Gasteiger partial charge on any atom is 0.217 e. The highest BCUT2D eigenvalue weighted by atomic mass is 32.1. The van der Waals surface area contributed by atoms with E-state index in [9.17, 15) is 14.3 Å². The minimum absolute atomic E-state index is 0.0510. The van der Waals surface area contributed by atoms with Crippen LogP contribution in [0, 0.1) is 5.82 Å². The van der Waals surface area contributed by atoms with E-state index in [4.69, 9.17) is 4.52 Å². The van der Waals surface area contributed by atoms with Crippen molar-refractivity contribution in [3.8, 4) is 0 Å². The van der Waals surface area contributed by atoms with Crippen LogP contribution in [0.3, 0.4) is 0 Å². The number of halogens is 1. The monoisotopic (exact) mass is 445 g/mol. The fourth-order valence-corrected chi connectivity index (χ4v) is 5.16. The van der Waals surface area contributed by atoms with Crippen LogP contribution in [-0.2, 0) is 11.3 Å². The number of hydrogen-bond donors (Lipinski definition) is 2. The summed E-state index contributed by atoms with van der Waals surface area (Å²) < 4.78 is 18.7. The molecule has 1 amide bonds. The molecule has 1 aliphatic heterocycles. The van der Waals surface area contributed by atoms with Crippen molar-refractivity contribution in [3.63, 3.8) is 0 Å². The molecule has 2 aromatic heterocycles. The molecule has 1 atom stereocenters. The Morgan fingerprint density at radius 2 is 2.16 bits per heavy atom. The number of piperidine rings is 1. The largest absolute Gasteiger partial charge is 0.388 e. The molecule has 0 bridgehead atoms. The lowest BCUT2D eigenvalue weighted by Gasteiger charge is -2.31. The summed E-state index contributed by atoms with van der Waals surface area (Å²) in [6.07, 6.45) is 3.18. The molecule has 1 fully saturated rings. The van der Waals surface area contributed by atoms with Crippen molar-refractivity contribution in [3.05, 3.63) is 51.6 Å². The number of likely N-dealkylation sites (tertiary alicyclic amines) is 1. The normalized spacial score (nSPS) is 16.6. The van der Waals surface area contributed by atoms with Crippen LogP contribution in [0.4, 0.5) is 4.39 Å². The summed E-state index contributed by atoms with van der Waals surface area (Å²) in [6, 6.07) is 8.52. The summed E-state index contributed by atoms with van der Waals surface area (Å²) in [7, 11) is 0. The number of fused-ring (bicyclic) bond motifs is 1. The Labute approximate surface area is 185 Å². The second-order valence-electron chi connectivity index (χ2n) is 8.20. The minimum Gasteiger partial charge on any atom is -0.388 e. The molecule has 0 spiro atoms. The van der Waals surface area contributed by atoms with Gasteiger partial charge in [0, 0.05) is 34.0 Å². The van der Waals surface area contributed by atoms with Gasteiger partial charge in [-0.15, -0.1) is 11.3 Å². The van der Waals surface area contributed by atoms with E-state index in [0.717, 1.165) is 66.2 Å². The SMILES string of the molecule is CC(=O)NCc1ccc(C(O)CCCN2CCC(c3noc4cc(F)ccc34)CC2)s1. The molecule has 31 heavy (non-hydrogen) atoms. The maximum absolute atomic E-state index is 13.4. The Kier molecular flexibility index (Phi) is 6.99. The maximum atomic E-state index is 13.4. The molecule has 1 saturated heterocycles. The van der Waals surface area contributed by atoms with E-state index in [1.807, 2.05) is 12.1 Å². The first kappa shape index (κ1) is 21.9. The molecule has 1 aliphatic rings. The summed E-state index contributed by atoms with van der Waals surface area (Å²) in [5.41, 5.74) is 1.46. The van der Waals surface area contributed by atoms with Crippen molar-refractivity contribution in [2.24, 2.45) is 0 Å². The Morgan fingerprint density at radius 3 is 2.94 bits per heavy atom. The lowest BCUT2D eigenvalue weighted by molar-refractivity contribution is -0.119. The van der Waals surface area contributed by atoms with Crippen molar-refractivity contribution in [2.75, 3.05) is 19.6 Å². The molecule has 8 heteroatoms. The van der Waals surface area contributed by atoms with Gasteiger partial charge in [-0.3, -0.25) is 4.79 Å². The number of carbonyl (C=O) groups is 1. The number of benzene rings is 1. The Morgan fingerprint density at radius 1 is 1.35 bits per heavy atom. The van der Waals surface area contributed by atoms with E-state index in [0.29, 0.717) is 18.0 Å². The van der Waals surface area contributed by atoms with E-state index >= 15 is 0 Å². The number of thiophene rings is 1. The number of aromatic nitrogens is 1. The van der Waals surface area contributed by atoms with E-state index in [2.05, 4.69) is 15.4 Å². The number of aliphatic hydroxyl groups excluding tert-OH is 1. The number of rotatable bonds is 8. The first-order valence-corrected chi connectivity index (χ1v) is 11.6. The molecule has 0 aliphatic carbocycles. The average molecular weight is 446 g/mol. The molecule has 4 rings (SSSR count). The van der Waals surface area contributed by atoms with Gasteiger partial charge in [0.1, 0.15) is 5.82 Å². The summed E-state index contributed by atoms with van der Waals surface area (Å²) in [4.78, 5) is 15.5. The van der Waals surface area contributed by atoms with E-state index in [1.54, 1.807) is 17.4 Å². The smallest absolute Gasteiger partial charge is 0.217 e. The van der Waals surface area contributed by atoms with Crippen LogP contribution in [0.25, 0.3) is 11.0 Å². The lowest BCUT2D eigenvalue weighted by Crippen LogP contribution is -2.34. The number of carbonyl (C=O) groups excluding carboxylic acids is 1. The van der Waals surface area contributed by atoms with Gasteiger partial charge in [-0.2, -0.15) is 0 Å². The van der Waals surface area contributed by atoms with Gasteiger partial charge in [0.15, 0.2) is 5.58 Å². The molecule has 0 saturated carbocycles. The Balaban J connectivity index is 1.21. The third-order valence-corrected chi connectivity index (χ3v) is 7.10. The van der Waals surface area contributed by atoms with Crippen molar-refractivity contribution >= 4 is 28.2 Å². The zero-order valence-corrected chi connectivity index (χ0v) is 18.5. The van der Waals surface area contributed by atoms with Crippen molar-refractivity contribution in [1.29, 1.82) is 0 Å². The first-order valence-electron chi connectivity index (χ1n) is 10.8. The molecule has 0 radical (unpaired) electrons. The van der Waals surface area contributed by atoms with E-state index in [-0.39, 0.29) is 11.7 Å². The van der Waals surface area contributed by atoms with Gasteiger partial charge in [0.25, 0.3) is 0 Å². The summed E-state index contributed by atoms with van der Waals surface area (Å²) >= 11 is 1.55. The Hall–Kier alpha value is -2.29. The highest BCUT2D eigenvalue weighted by molar-refractivity contribution is 7.12. The molecule has 166 valence electrons. The summed E-state index contributed by atoms with van der Waals surface area (Å²) in [5.74, 6) is -0.0229. The van der Waals surface area contributed by atoms with Crippen LogP contribution in [0.5, 0.6) is 0 Å². The van der Waals surface area contributed by atoms with Crippen molar-refractivity contribution in [2.45, 2.75) is 51.2 Å². The topological polar surface area (TPSA) is 78.6 Å². The molecule has 1 aromatic carbocycles. The summed E-state index contributed by atoms with van der Waals surface area (Å²) in [5, 5.41) is 18.4. The zero-order valence-electron chi connectivity index (χ0n) is 17.6. The van der Waals surface area contributed by atoms with Crippen LogP contribution in [0.2, 0.25) is 0 Å². The lowest BCUT2D eigenvalue weighted by atomic mass is 9.91. The third kappa shape index (κ3) is 5.50. The number of nitrogens with zero attached hydrogens (tertiary/aromatic N) is 2. The molecule has 2 N–H and O–H groups in total. The van der Waals surface area contributed by atoms with Gasteiger partial charge in [-0.1, -0.05) is 5.16 Å². The standard InChI is InChI=1S/C23H28FN3O3S/c1-15(28)25-14-18-5-7-22(31-18)20(29)3-2-10-27-11-8-16(9-12-27)23-19-6-4-17(24)13-21(19)30-26-23/h4-7,13,16,20,29H,2-3,8-12,14H2,1H3,(H,25,28). The van der Waals surface area contributed by atoms with Gasteiger partial charge in [0.2, 0.25) is 5.91 Å². The van der Waals surface area contributed by atoms with Crippen molar-refractivity contribution < 1.29 is 18.8 Å². The second kappa shape index (κ2) is 9.89. The van der Waals surface area contributed by atoms with E-state index < -0.39 is 6.10 Å². The van der Waals surface area contributed by atoms with Gasteiger partial charge in [-0.25, -0.2) is 4.39 Å². The van der Waals surface area contributed by atoms with Crippen LogP contribution >= 0.6 is 11.3 Å². The molecule has 3 heterocycles. The minimum atomic E-state index is -0.462. The number of nitrogens with one attached hydrogen (secondary N) is 1. The highest BCUT2D eigenvalue weighted by Crippen LogP contribution is 2.33. The van der Waals surface area contributed by atoms with Crippen LogP contribution < -0.4 is 5.32 Å². The fraction of sp³-hybridized carbons (Fsp3) is 0.478. The highest BCUT2D eigenvalue weighted by Gasteiger charge is 2.25. The second-order valence-corrected chi connectivity index (χ2v) is 9.40. The average Bonchev–Trinajstić information content (AvgIpc) is 3.39. The van der Waals surface area contributed by atoms with Gasteiger partial charge in [0.05, 0.1) is 18.3 Å². The van der Waals surface area contributed by atoms with Crippen LogP contribution in [0.15, 0.2) is 34.9 Å². The number of hydrogen-bond acceptors (Lipinski definition) is 6. The van der Waals surface area contributed by atoms with Gasteiger partial charge < -0.3 is 19.8 Å². The van der Waals surface area contributed by atoms with Crippen LogP contribution in [-0.4, -0.2) is 40.7 Å². The van der Waals surface area contributed by atoms with Gasteiger partial charge in [-0.05, 0) is 69.6 Å². The third-order valence-electron chi connectivity index (χ3n) is 5.91. The quantitative estimate of drug-likeness (QED) is 0.539. The molecule has 6 nitrogen and oxygen atoms in total. The Bertz CT molecular complexity index is 1030. The predicted molar refractivity (Wildman–Crippen MR) is 118 cm³/mol. The number of amides is 1. The fourth-order valence-electron chi connectivity index (χ4n) is 4.19. The first-order chi connectivity index (χ1) is 15.0. The molecular weight excluding hydrogens is 417 g/mol.